The number of anilines is 2. The Hall–Kier alpha value is -1.99. The number of hydrogen-bond donors (Lipinski definition) is 2. The average molecular weight is 531 g/mol. The van der Waals surface area contributed by atoms with Gasteiger partial charge >= 0.3 is 0 Å². The van der Waals surface area contributed by atoms with Gasteiger partial charge in [-0.05, 0) is 76.3 Å². The van der Waals surface area contributed by atoms with Gasteiger partial charge in [0.05, 0.1) is 26.3 Å². The van der Waals surface area contributed by atoms with E-state index in [1.54, 1.807) is 6.07 Å². The number of nitrogens with zero attached hydrogens (tertiary/aromatic N) is 1. The molecule has 2 aromatic rings. The van der Waals surface area contributed by atoms with Crippen LogP contribution < -0.4 is 10.2 Å². The zero-order chi connectivity index (χ0) is 26.5. The van der Waals surface area contributed by atoms with Gasteiger partial charge in [-0.15, -0.1) is 11.8 Å². The molecule has 5 nitrogen and oxygen atoms in total. The van der Waals surface area contributed by atoms with Crippen molar-refractivity contribution in [2.75, 3.05) is 23.5 Å². The summed E-state index contributed by atoms with van der Waals surface area (Å²) in [5.41, 5.74) is 2.08. The summed E-state index contributed by atoms with van der Waals surface area (Å²) in [6.07, 6.45) is 8.37. The van der Waals surface area contributed by atoms with E-state index in [-0.39, 0.29) is 22.6 Å². The fraction of sp³-hybridized carbons (Fsp3) is 0.552. The molecule has 0 aliphatic carbocycles. The molecule has 0 radical (unpaired) electrons. The summed E-state index contributed by atoms with van der Waals surface area (Å²) >= 11 is 1.48. The maximum absolute atomic E-state index is 13.8. The third-order valence-electron chi connectivity index (χ3n) is 6.78. The van der Waals surface area contributed by atoms with Crippen molar-refractivity contribution in [3.05, 3.63) is 42.0 Å². The van der Waals surface area contributed by atoms with Crippen molar-refractivity contribution in [1.82, 2.24) is 5.32 Å². The number of hydrogen-bond acceptors (Lipinski definition) is 5. The van der Waals surface area contributed by atoms with Gasteiger partial charge in [0.1, 0.15) is 5.75 Å². The molecule has 0 aromatic heterocycles. The van der Waals surface area contributed by atoms with Crippen molar-refractivity contribution in [3.63, 3.8) is 0 Å². The Morgan fingerprint density at radius 1 is 1.11 bits per heavy atom. The smallest absolute Gasteiger partial charge is 0.251 e. The molecule has 1 amide bonds. The highest BCUT2D eigenvalue weighted by Gasteiger charge is 2.39. The van der Waals surface area contributed by atoms with E-state index in [1.165, 1.54) is 11.8 Å². The first kappa shape index (κ1) is 28.6. The number of aromatic hydroxyl groups is 1. The molecule has 1 aliphatic rings. The van der Waals surface area contributed by atoms with Crippen LogP contribution in [0.25, 0.3) is 0 Å². The molecule has 0 spiro atoms. The van der Waals surface area contributed by atoms with Crippen LogP contribution in [-0.2, 0) is 10.8 Å². The molecule has 0 saturated heterocycles. The fourth-order valence-corrected chi connectivity index (χ4v) is 7.12. The number of unbranched alkanes of at least 4 members (excludes halogenated alkanes) is 2. The number of carbonyl (C=O) groups is 1. The Morgan fingerprint density at radius 2 is 1.72 bits per heavy atom. The van der Waals surface area contributed by atoms with Crippen LogP contribution in [0, 0.1) is 5.41 Å². The SMILES string of the molecule is CCCCC1(CCCC)CN(c2ccc(C(=O)NC(C)(C)C)cc2)c2cc(SC)c(O)cc2S(=O)C1. The van der Waals surface area contributed by atoms with Gasteiger partial charge in [-0.25, -0.2) is 0 Å². The summed E-state index contributed by atoms with van der Waals surface area (Å²) in [4.78, 5) is 16.4. The molecule has 1 heterocycles. The first-order valence-electron chi connectivity index (χ1n) is 13.0. The first-order valence-corrected chi connectivity index (χ1v) is 15.6. The van der Waals surface area contributed by atoms with Crippen molar-refractivity contribution in [3.8, 4) is 5.75 Å². The second-order valence-electron chi connectivity index (χ2n) is 11.0. The van der Waals surface area contributed by atoms with Gasteiger partial charge < -0.3 is 15.3 Å². The number of rotatable bonds is 9. The molecule has 0 saturated carbocycles. The fourth-order valence-electron chi connectivity index (χ4n) is 4.88. The predicted octanol–water partition coefficient (Wildman–Crippen LogP) is 7.27. The zero-order valence-electron chi connectivity index (χ0n) is 22.6. The Bertz CT molecular complexity index is 1070. The van der Waals surface area contributed by atoms with Gasteiger partial charge in [-0.3, -0.25) is 9.00 Å². The normalized spacial score (nSPS) is 17.4. The highest BCUT2D eigenvalue weighted by molar-refractivity contribution is 7.98. The first-order chi connectivity index (χ1) is 17.0. The number of amides is 1. The molecule has 0 fully saturated rings. The monoisotopic (exact) mass is 530 g/mol. The summed E-state index contributed by atoms with van der Waals surface area (Å²) in [5.74, 6) is 0.681. The summed E-state index contributed by atoms with van der Waals surface area (Å²) in [6.45, 7) is 11.1. The molecule has 2 aromatic carbocycles. The van der Waals surface area contributed by atoms with E-state index in [9.17, 15) is 14.1 Å². The van der Waals surface area contributed by atoms with Gasteiger partial charge in [-0.2, -0.15) is 0 Å². The van der Waals surface area contributed by atoms with Crippen LogP contribution in [0.2, 0.25) is 0 Å². The van der Waals surface area contributed by atoms with Crippen LogP contribution in [-0.4, -0.2) is 39.3 Å². The van der Waals surface area contributed by atoms with Crippen LogP contribution in [0.15, 0.2) is 46.2 Å². The van der Waals surface area contributed by atoms with E-state index >= 15 is 0 Å². The molecule has 3 rings (SSSR count). The molecule has 1 aliphatic heterocycles. The van der Waals surface area contributed by atoms with Gasteiger partial charge in [-0.1, -0.05) is 39.5 Å². The van der Waals surface area contributed by atoms with E-state index in [1.807, 2.05) is 57.4 Å². The Kier molecular flexibility index (Phi) is 9.56. The number of phenolic OH excluding ortho intramolecular Hbond substituents is 1. The van der Waals surface area contributed by atoms with Crippen molar-refractivity contribution >= 4 is 39.8 Å². The van der Waals surface area contributed by atoms with Gasteiger partial charge in [0.15, 0.2) is 0 Å². The Labute approximate surface area is 223 Å². The predicted molar refractivity (Wildman–Crippen MR) is 153 cm³/mol. The van der Waals surface area contributed by atoms with Crippen molar-refractivity contribution in [2.24, 2.45) is 5.41 Å². The number of carbonyl (C=O) groups excluding carboxylic acids is 1. The number of phenols is 1. The molecular formula is C29H42N2O3S2. The van der Waals surface area contributed by atoms with Crippen molar-refractivity contribution in [2.45, 2.75) is 88.5 Å². The third kappa shape index (κ3) is 6.86. The molecule has 1 unspecified atom stereocenters. The molecule has 7 heteroatoms. The van der Waals surface area contributed by atoms with E-state index < -0.39 is 10.8 Å². The maximum Gasteiger partial charge on any atom is 0.251 e. The zero-order valence-corrected chi connectivity index (χ0v) is 24.3. The lowest BCUT2D eigenvalue weighted by Crippen LogP contribution is -2.40. The highest BCUT2D eigenvalue weighted by Crippen LogP contribution is 2.46. The number of nitrogens with one attached hydrogen (secondary N) is 1. The molecule has 198 valence electrons. The van der Waals surface area contributed by atoms with E-state index in [4.69, 9.17) is 0 Å². The molecule has 1 atom stereocenters. The number of benzene rings is 2. The van der Waals surface area contributed by atoms with Gasteiger partial charge in [0, 0.05) is 34.5 Å². The summed E-state index contributed by atoms with van der Waals surface area (Å²) in [7, 11) is -1.22. The highest BCUT2D eigenvalue weighted by atomic mass is 32.2. The summed E-state index contributed by atoms with van der Waals surface area (Å²) in [5, 5.41) is 13.6. The van der Waals surface area contributed by atoms with E-state index in [0.29, 0.717) is 16.2 Å². The second kappa shape index (κ2) is 12.0. The van der Waals surface area contributed by atoms with E-state index in [2.05, 4.69) is 24.1 Å². The Morgan fingerprint density at radius 3 is 2.25 bits per heavy atom. The van der Waals surface area contributed by atoms with Gasteiger partial charge in [0.25, 0.3) is 5.91 Å². The second-order valence-corrected chi connectivity index (χ2v) is 13.3. The lowest BCUT2D eigenvalue weighted by Gasteiger charge is -2.37. The standard InChI is InChI=1S/C29H42N2O3S2/c1-7-9-15-29(16-10-8-2)19-31(22-13-11-21(12-14-22)27(33)30-28(3,4)5)23-17-25(35-6)24(32)18-26(23)36(34)20-29/h11-14,17-18,32H,7-10,15-16,19-20H2,1-6H3,(H,30,33). The topological polar surface area (TPSA) is 69.6 Å². The Balaban J connectivity index is 2.10. The minimum absolute atomic E-state index is 0.0900. The lowest BCUT2D eigenvalue weighted by atomic mass is 9.79. The van der Waals surface area contributed by atoms with Crippen LogP contribution in [0.5, 0.6) is 5.75 Å². The molecule has 2 N–H and O–H groups in total. The van der Waals surface area contributed by atoms with Crippen molar-refractivity contribution < 1.29 is 14.1 Å². The van der Waals surface area contributed by atoms with Crippen LogP contribution in [0.1, 0.15) is 83.5 Å². The maximum atomic E-state index is 13.8. The van der Waals surface area contributed by atoms with Crippen molar-refractivity contribution in [1.29, 1.82) is 0 Å². The molecule has 36 heavy (non-hydrogen) atoms. The van der Waals surface area contributed by atoms with Crippen LogP contribution in [0.3, 0.4) is 0 Å². The molecule has 0 bridgehead atoms. The average Bonchev–Trinajstić information content (AvgIpc) is 2.94. The summed E-state index contributed by atoms with van der Waals surface area (Å²) < 4.78 is 13.8. The minimum Gasteiger partial charge on any atom is -0.507 e. The van der Waals surface area contributed by atoms with Crippen LogP contribution >= 0.6 is 11.8 Å². The quantitative estimate of drug-likeness (QED) is 0.334. The van der Waals surface area contributed by atoms with Gasteiger partial charge in [0.2, 0.25) is 0 Å². The number of fused-ring (bicyclic) bond motifs is 1. The van der Waals surface area contributed by atoms with Crippen LogP contribution in [0.4, 0.5) is 11.4 Å². The third-order valence-corrected chi connectivity index (χ3v) is 9.24. The number of thioether (sulfide) groups is 1. The minimum atomic E-state index is -1.22. The van der Waals surface area contributed by atoms with E-state index in [0.717, 1.165) is 61.3 Å². The summed E-state index contributed by atoms with van der Waals surface area (Å²) in [6, 6.07) is 11.4. The molecular weight excluding hydrogens is 488 g/mol. The largest absolute Gasteiger partial charge is 0.507 e. The lowest BCUT2D eigenvalue weighted by molar-refractivity contribution is 0.0919.